The Balaban J connectivity index is 1.94. The van der Waals surface area contributed by atoms with Crippen molar-refractivity contribution in [1.82, 2.24) is 4.90 Å². The van der Waals surface area contributed by atoms with Crippen LogP contribution in [0.2, 0.25) is 0 Å². The minimum absolute atomic E-state index is 0.282. The van der Waals surface area contributed by atoms with E-state index in [1.54, 1.807) is 18.3 Å². The molecule has 0 radical (unpaired) electrons. The summed E-state index contributed by atoms with van der Waals surface area (Å²) in [4.78, 5) is 13.2. The van der Waals surface area contributed by atoms with Crippen LogP contribution in [0.4, 0.5) is 0 Å². The molecule has 0 aliphatic rings. The number of ketones is 1. The Hall–Kier alpha value is -1.19. The number of carbonyl (C=O) groups excluding carboxylic acids is 1. The van der Waals surface area contributed by atoms with Gasteiger partial charge in [-0.2, -0.15) is 0 Å². The molecule has 0 bridgehead atoms. The number of fused-ring (bicyclic) bond motifs is 1. The maximum atomic E-state index is 10.9. The highest BCUT2D eigenvalue weighted by molar-refractivity contribution is 7.17. The molecule has 0 fully saturated rings. The van der Waals surface area contributed by atoms with E-state index in [4.69, 9.17) is 0 Å². The van der Waals surface area contributed by atoms with Crippen molar-refractivity contribution in [3.63, 3.8) is 0 Å². The first kappa shape index (κ1) is 13.2. The number of hydrogen-bond acceptors (Lipinski definition) is 3. The number of Topliss-reactive ketones (excluding diaryl/α,β-unsaturated/α-hetero) is 1. The summed E-state index contributed by atoms with van der Waals surface area (Å²) in [5.41, 5.74) is 1.39. The zero-order valence-electron chi connectivity index (χ0n) is 11.0. The normalized spacial score (nSPS) is 11.3. The number of carbonyl (C=O) groups is 1. The van der Waals surface area contributed by atoms with Crippen LogP contribution in [0, 0.1) is 0 Å². The molecule has 2 nitrogen and oxygen atoms in total. The zero-order chi connectivity index (χ0) is 13.0. The van der Waals surface area contributed by atoms with Crippen LogP contribution in [0.1, 0.15) is 25.3 Å². The number of benzene rings is 1. The molecule has 0 saturated carbocycles. The quantitative estimate of drug-likeness (QED) is 0.790. The standard InChI is InChI=1S/C15H19NOS/c1-12(17)6-5-9-16(2)10-13-11-18-15-8-4-3-7-14(13)15/h3-4,7-8,11H,5-6,9-10H2,1-2H3. The van der Waals surface area contributed by atoms with E-state index >= 15 is 0 Å². The second-order valence-electron chi connectivity index (χ2n) is 4.80. The maximum absolute atomic E-state index is 10.9. The van der Waals surface area contributed by atoms with Gasteiger partial charge in [0.15, 0.2) is 0 Å². The van der Waals surface area contributed by atoms with Crippen molar-refractivity contribution in [1.29, 1.82) is 0 Å². The lowest BCUT2D eigenvalue weighted by Gasteiger charge is -2.15. The highest BCUT2D eigenvalue weighted by Crippen LogP contribution is 2.26. The molecule has 0 amide bonds. The summed E-state index contributed by atoms with van der Waals surface area (Å²) in [5.74, 6) is 0.282. The van der Waals surface area contributed by atoms with Crippen LogP contribution < -0.4 is 0 Å². The van der Waals surface area contributed by atoms with Gasteiger partial charge in [0.1, 0.15) is 5.78 Å². The van der Waals surface area contributed by atoms with Crippen molar-refractivity contribution in [2.24, 2.45) is 0 Å². The van der Waals surface area contributed by atoms with Gasteiger partial charge >= 0.3 is 0 Å². The van der Waals surface area contributed by atoms with E-state index in [-0.39, 0.29) is 5.78 Å². The van der Waals surface area contributed by atoms with E-state index in [1.165, 1.54) is 15.6 Å². The Morgan fingerprint density at radius 1 is 1.33 bits per heavy atom. The largest absolute Gasteiger partial charge is 0.302 e. The third-order valence-electron chi connectivity index (χ3n) is 3.07. The number of hydrogen-bond donors (Lipinski definition) is 0. The predicted octanol–water partition coefficient (Wildman–Crippen LogP) is 3.70. The lowest BCUT2D eigenvalue weighted by Crippen LogP contribution is -2.19. The van der Waals surface area contributed by atoms with Gasteiger partial charge in [0.25, 0.3) is 0 Å². The average molecular weight is 261 g/mol. The van der Waals surface area contributed by atoms with Crippen molar-refractivity contribution < 1.29 is 4.79 Å². The molecule has 18 heavy (non-hydrogen) atoms. The molecular weight excluding hydrogens is 242 g/mol. The second kappa shape index (κ2) is 6.12. The SMILES string of the molecule is CC(=O)CCCN(C)Cc1csc2ccccc12. The minimum Gasteiger partial charge on any atom is -0.302 e. The van der Waals surface area contributed by atoms with Crippen LogP contribution in [-0.4, -0.2) is 24.3 Å². The van der Waals surface area contributed by atoms with Gasteiger partial charge in [-0.05, 0) is 49.3 Å². The third kappa shape index (κ3) is 3.40. The summed E-state index contributed by atoms with van der Waals surface area (Å²) in [7, 11) is 2.12. The van der Waals surface area contributed by atoms with Crippen molar-refractivity contribution in [3.8, 4) is 0 Å². The van der Waals surface area contributed by atoms with E-state index in [0.29, 0.717) is 6.42 Å². The van der Waals surface area contributed by atoms with Gasteiger partial charge in [-0.1, -0.05) is 18.2 Å². The molecule has 2 aromatic rings. The molecule has 1 aromatic heterocycles. The van der Waals surface area contributed by atoms with E-state index in [2.05, 4.69) is 41.6 Å². The Kier molecular flexibility index (Phi) is 4.50. The fourth-order valence-electron chi connectivity index (χ4n) is 2.12. The van der Waals surface area contributed by atoms with Crippen molar-refractivity contribution >= 4 is 27.2 Å². The van der Waals surface area contributed by atoms with Crippen molar-refractivity contribution in [3.05, 3.63) is 35.2 Å². The fourth-order valence-corrected chi connectivity index (χ4v) is 3.08. The molecule has 1 heterocycles. The summed E-state index contributed by atoms with van der Waals surface area (Å²) >= 11 is 1.80. The van der Waals surface area contributed by atoms with E-state index in [9.17, 15) is 4.79 Å². The zero-order valence-corrected chi connectivity index (χ0v) is 11.8. The summed E-state index contributed by atoms with van der Waals surface area (Å²) in [6, 6.07) is 8.53. The summed E-state index contributed by atoms with van der Waals surface area (Å²) in [5, 5.41) is 3.60. The van der Waals surface area contributed by atoms with Crippen LogP contribution in [-0.2, 0) is 11.3 Å². The van der Waals surface area contributed by atoms with Gasteiger partial charge in [0, 0.05) is 17.7 Å². The van der Waals surface area contributed by atoms with Gasteiger partial charge in [-0.15, -0.1) is 11.3 Å². The maximum Gasteiger partial charge on any atom is 0.129 e. The van der Waals surface area contributed by atoms with Crippen LogP contribution >= 0.6 is 11.3 Å². The van der Waals surface area contributed by atoms with Crippen molar-refractivity contribution in [2.45, 2.75) is 26.3 Å². The fraction of sp³-hybridized carbons (Fsp3) is 0.400. The second-order valence-corrected chi connectivity index (χ2v) is 5.71. The molecule has 3 heteroatoms. The minimum atomic E-state index is 0.282. The molecule has 1 aromatic carbocycles. The van der Waals surface area contributed by atoms with Gasteiger partial charge in [0.2, 0.25) is 0 Å². The molecule has 2 rings (SSSR count). The summed E-state index contributed by atoms with van der Waals surface area (Å²) < 4.78 is 1.35. The number of thiophene rings is 1. The third-order valence-corrected chi connectivity index (χ3v) is 4.08. The lowest BCUT2D eigenvalue weighted by atomic mass is 10.1. The molecule has 0 unspecified atom stereocenters. The highest BCUT2D eigenvalue weighted by atomic mass is 32.1. The molecule has 0 atom stereocenters. The first-order valence-corrected chi connectivity index (χ1v) is 7.18. The monoisotopic (exact) mass is 261 g/mol. The highest BCUT2D eigenvalue weighted by Gasteiger charge is 2.06. The van der Waals surface area contributed by atoms with E-state index in [0.717, 1.165) is 19.5 Å². The Morgan fingerprint density at radius 3 is 2.89 bits per heavy atom. The Bertz CT molecular complexity index is 532. The molecule has 0 spiro atoms. The van der Waals surface area contributed by atoms with E-state index in [1.807, 2.05) is 0 Å². The Morgan fingerprint density at radius 2 is 2.11 bits per heavy atom. The Labute approximate surface area is 112 Å². The van der Waals surface area contributed by atoms with Crippen LogP contribution in [0.5, 0.6) is 0 Å². The first-order chi connectivity index (χ1) is 8.66. The van der Waals surface area contributed by atoms with Gasteiger partial charge in [-0.3, -0.25) is 0 Å². The van der Waals surface area contributed by atoms with Crippen LogP contribution in [0.15, 0.2) is 29.6 Å². The topological polar surface area (TPSA) is 20.3 Å². The van der Waals surface area contributed by atoms with Gasteiger partial charge < -0.3 is 9.69 Å². The van der Waals surface area contributed by atoms with Crippen molar-refractivity contribution in [2.75, 3.05) is 13.6 Å². The van der Waals surface area contributed by atoms with Crippen LogP contribution in [0.25, 0.3) is 10.1 Å². The molecule has 0 N–H and O–H groups in total. The average Bonchev–Trinajstić information content (AvgIpc) is 2.72. The van der Waals surface area contributed by atoms with Crippen LogP contribution in [0.3, 0.4) is 0 Å². The van der Waals surface area contributed by atoms with Gasteiger partial charge in [0.05, 0.1) is 0 Å². The molecule has 0 aliphatic carbocycles. The summed E-state index contributed by atoms with van der Waals surface area (Å²) in [6.45, 7) is 3.60. The number of rotatable bonds is 6. The first-order valence-electron chi connectivity index (χ1n) is 6.30. The smallest absolute Gasteiger partial charge is 0.129 e. The van der Waals surface area contributed by atoms with E-state index < -0.39 is 0 Å². The summed E-state index contributed by atoms with van der Waals surface area (Å²) in [6.07, 6.45) is 1.64. The predicted molar refractivity (Wildman–Crippen MR) is 78.1 cm³/mol. The molecule has 0 saturated heterocycles. The number of nitrogens with zero attached hydrogens (tertiary/aromatic N) is 1. The van der Waals surface area contributed by atoms with Gasteiger partial charge in [-0.25, -0.2) is 0 Å². The molecule has 0 aliphatic heterocycles. The molecular formula is C15H19NOS. The lowest BCUT2D eigenvalue weighted by molar-refractivity contribution is -0.117. The molecule has 96 valence electrons.